The smallest absolute Gasteiger partial charge is 0.184 e. The van der Waals surface area contributed by atoms with Crippen LogP contribution in [0, 0.1) is 0 Å². The summed E-state index contributed by atoms with van der Waals surface area (Å²) in [7, 11) is 0. The van der Waals surface area contributed by atoms with Crippen molar-refractivity contribution in [2.45, 2.75) is 0 Å². The summed E-state index contributed by atoms with van der Waals surface area (Å²) in [5.74, 6) is 0. The highest BCUT2D eigenvalue weighted by Crippen LogP contribution is 2.12. The number of nitrogens with zero attached hydrogens (tertiary/aromatic N) is 2. The fraction of sp³-hybridized carbons (Fsp3) is 0. The van der Waals surface area contributed by atoms with Gasteiger partial charge in [0.1, 0.15) is 10.3 Å². The minimum atomic E-state index is 0.0903. The second kappa shape index (κ2) is 5.09. The van der Waals surface area contributed by atoms with Crippen molar-refractivity contribution < 1.29 is 0 Å². The van der Waals surface area contributed by atoms with Crippen molar-refractivity contribution in [2.75, 3.05) is 0 Å². The van der Waals surface area contributed by atoms with Crippen LogP contribution in [-0.4, -0.2) is 16.3 Å². The van der Waals surface area contributed by atoms with Gasteiger partial charge in [-0.2, -0.15) is 5.10 Å². The van der Waals surface area contributed by atoms with E-state index in [1.54, 1.807) is 12.1 Å². The molecule has 0 saturated carbocycles. The van der Waals surface area contributed by atoms with E-state index in [0.29, 0.717) is 15.9 Å². The fourth-order valence-electron chi connectivity index (χ4n) is 0.728. The van der Waals surface area contributed by atoms with Gasteiger partial charge >= 0.3 is 0 Å². The first-order valence-corrected chi connectivity index (χ1v) is 4.66. The van der Waals surface area contributed by atoms with Gasteiger partial charge in [0.05, 0.1) is 6.21 Å². The Morgan fingerprint density at radius 3 is 2.57 bits per heavy atom. The number of hydrazone groups is 1. The molecule has 0 atom stereocenters. The van der Waals surface area contributed by atoms with Gasteiger partial charge in [-0.1, -0.05) is 23.2 Å². The Bertz CT molecular complexity index is 360. The summed E-state index contributed by atoms with van der Waals surface area (Å²) < 4.78 is 0. The first kappa shape index (κ1) is 11.2. The molecule has 1 aromatic heterocycles. The number of nitrogens with two attached hydrogens (primary N) is 1. The zero-order valence-electron chi connectivity index (χ0n) is 6.87. The minimum absolute atomic E-state index is 0.0903. The van der Waals surface area contributed by atoms with Crippen LogP contribution in [0.3, 0.4) is 0 Å². The molecule has 0 aliphatic carbocycles. The maximum atomic E-state index is 5.66. The second-order valence-corrected chi connectivity index (χ2v) is 3.49. The van der Waals surface area contributed by atoms with E-state index in [1.807, 2.05) is 0 Å². The molecule has 0 amide bonds. The van der Waals surface area contributed by atoms with Crippen molar-refractivity contribution in [3.8, 4) is 0 Å². The summed E-state index contributed by atoms with van der Waals surface area (Å²) in [6.45, 7) is 0. The number of hydrogen-bond donors (Lipinski definition) is 2. The number of halogens is 2. The number of pyridine rings is 1. The van der Waals surface area contributed by atoms with Crippen molar-refractivity contribution in [2.24, 2.45) is 10.8 Å². The number of hydrogen-bond acceptors (Lipinski definition) is 3. The molecule has 14 heavy (non-hydrogen) atoms. The number of aromatic nitrogens is 1. The molecule has 3 N–H and O–H groups in total. The first-order valence-electron chi connectivity index (χ1n) is 3.49. The normalized spacial score (nSPS) is 10.4. The monoisotopic (exact) mass is 248 g/mol. The number of thiocarbonyl (C=S) groups is 1. The Hall–Kier alpha value is -0.910. The molecular formula is C7H6Cl2N4S. The van der Waals surface area contributed by atoms with Crippen molar-refractivity contribution in [3.05, 3.63) is 28.0 Å². The van der Waals surface area contributed by atoms with E-state index in [9.17, 15) is 0 Å². The van der Waals surface area contributed by atoms with E-state index < -0.39 is 0 Å². The van der Waals surface area contributed by atoms with Crippen LogP contribution >= 0.6 is 35.4 Å². The van der Waals surface area contributed by atoms with Crippen molar-refractivity contribution in [3.63, 3.8) is 0 Å². The predicted octanol–water partition coefficient (Wildman–Crippen LogP) is 1.56. The Kier molecular flexibility index (Phi) is 4.06. The lowest BCUT2D eigenvalue weighted by atomic mass is 10.3. The van der Waals surface area contributed by atoms with Crippen molar-refractivity contribution in [1.82, 2.24) is 10.4 Å². The van der Waals surface area contributed by atoms with E-state index in [0.717, 1.165) is 0 Å². The molecule has 0 aliphatic heterocycles. The molecule has 0 saturated heterocycles. The summed E-state index contributed by atoms with van der Waals surface area (Å²) in [5, 5.41) is 4.43. The molecule has 1 aromatic rings. The first-order chi connectivity index (χ1) is 6.58. The maximum absolute atomic E-state index is 5.66. The maximum Gasteiger partial charge on any atom is 0.184 e. The highest BCUT2D eigenvalue weighted by Gasteiger charge is 1.96. The number of nitrogens with one attached hydrogen (secondary N) is 1. The van der Waals surface area contributed by atoms with E-state index in [1.165, 1.54) is 6.21 Å². The van der Waals surface area contributed by atoms with Crippen LogP contribution in [-0.2, 0) is 0 Å². The topological polar surface area (TPSA) is 63.3 Å². The molecule has 0 radical (unpaired) electrons. The van der Waals surface area contributed by atoms with Crippen molar-refractivity contribution in [1.29, 1.82) is 0 Å². The molecule has 0 unspecified atom stereocenters. The summed E-state index contributed by atoms with van der Waals surface area (Å²) in [4.78, 5) is 3.78. The quantitative estimate of drug-likeness (QED) is 0.361. The standard InChI is InChI=1S/C7H6Cl2N4S/c8-5-1-4(2-6(9)12-5)3-11-13-7(10)14/h1-3H,(H3,10,13,14)/b11-3-. The third-order valence-electron chi connectivity index (χ3n) is 1.17. The second-order valence-electron chi connectivity index (χ2n) is 2.28. The lowest BCUT2D eigenvalue weighted by molar-refractivity contribution is 1.04. The van der Waals surface area contributed by atoms with Crippen LogP contribution < -0.4 is 11.2 Å². The molecule has 1 heterocycles. The van der Waals surface area contributed by atoms with Gasteiger partial charge in [-0.25, -0.2) is 4.98 Å². The predicted molar refractivity (Wildman–Crippen MR) is 61.8 cm³/mol. The third-order valence-corrected chi connectivity index (χ3v) is 1.65. The van der Waals surface area contributed by atoms with E-state index in [2.05, 4.69) is 27.7 Å². The third kappa shape index (κ3) is 3.87. The lowest BCUT2D eigenvalue weighted by Gasteiger charge is -1.96. The Morgan fingerprint density at radius 1 is 1.50 bits per heavy atom. The molecule has 74 valence electrons. The van der Waals surface area contributed by atoms with Gasteiger partial charge in [-0.15, -0.1) is 0 Å². The zero-order chi connectivity index (χ0) is 10.6. The molecule has 0 bridgehead atoms. The summed E-state index contributed by atoms with van der Waals surface area (Å²) in [6.07, 6.45) is 1.48. The molecular weight excluding hydrogens is 243 g/mol. The lowest BCUT2D eigenvalue weighted by Crippen LogP contribution is -2.23. The SMILES string of the molecule is NC(=S)N/N=C\c1cc(Cl)nc(Cl)c1. The van der Waals surface area contributed by atoms with Gasteiger partial charge in [-0.05, 0) is 24.4 Å². The molecule has 0 fully saturated rings. The van der Waals surface area contributed by atoms with Gasteiger partial charge in [0.15, 0.2) is 5.11 Å². The Balaban J connectivity index is 2.76. The van der Waals surface area contributed by atoms with Crippen LogP contribution in [0.5, 0.6) is 0 Å². The Labute approximate surface area is 96.1 Å². The molecule has 0 aliphatic rings. The Morgan fingerprint density at radius 2 is 2.07 bits per heavy atom. The molecule has 7 heteroatoms. The minimum Gasteiger partial charge on any atom is -0.375 e. The fourth-order valence-corrected chi connectivity index (χ4v) is 1.26. The average molecular weight is 249 g/mol. The van der Waals surface area contributed by atoms with Crippen LogP contribution in [0.1, 0.15) is 5.56 Å². The zero-order valence-corrected chi connectivity index (χ0v) is 9.20. The van der Waals surface area contributed by atoms with Crippen molar-refractivity contribution >= 4 is 46.7 Å². The van der Waals surface area contributed by atoms with Gasteiger partial charge in [-0.3, -0.25) is 5.43 Å². The van der Waals surface area contributed by atoms with Gasteiger partial charge < -0.3 is 5.73 Å². The molecule has 0 aromatic carbocycles. The van der Waals surface area contributed by atoms with Crippen LogP contribution in [0.25, 0.3) is 0 Å². The molecule has 0 spiro atoms. The number of rotatable bonds is 2. The molecule has 1 rings (SSSR count). The average Bonchev–Trinajstić information content (AvgIpc) is 2.01. The largest absolute Gasteiger partial charge is 0.375 e. The van der Waals surface area contributed by atoms with Crippen LogP contribution in [0.15, 0.2) is 17.2 Å². The van der Waals surface area contributed by atoms with E-state index >= 15 is 0 Å². The van der Waals surface area contributed by atoms with Gasteiger partial charge in [0.25, 0.3) is 0 Å². The van der Waals surface area contributed by atoms with Gasteiger partial charge in [0.2, 0.25) is 0 Å². The molecule has 4 nitrogen and oxygen atoms in total. The summed E-state index contributed by atoms with van der Waals surface area (Å²) in [6, 6.07) is 3.22. The van der Waals surface area contributed by atoms with E-state index in [4.69, 9.17) is 28.9 Å². The van der Waals surface area contributed by atoms with Crippen LogP contribution in [0.2, 0.25) is 10.3 Å². The summed E-state index contributed by atoms with van der Waals surface area (Å²) >= 11 is 15.9. The van der Waals surface area contributed by atoms with Gasteiger partial charge in [0, 0.05) is 5.56 Å². The highest BCUT2D eigenvalue weighted by atomic mass is 35.5. The van der Waals surface area contributed by atoms with Crippen LogP contribution in [0.4, 0.5) is 0 Å². The highest BCUT2D eigenvalue weighted by molar-refractivity contribution is 7.80. The van der Waals surface area contributed by atoms with E-state index in [-0.39, 0.29) is 5.11 Å². The summed E-state index contributed by atoms with van der Waals surface area (Å²) in [5.41, 5.74) is 8.27.